The summed E-state index contributed by atoms with van der Waals surface area (Å²) in [5.74, 6) is 0.630. The lowest BCUT2D eigenvalue weighted by Gasteiger charge is -2.44. The summed E-state index contributed by atoms with van der Waals surface area (Å²) < 4.78 is 6.17. The van der Waals surface area contributed by atoms with Gasteiger partial charge in [-0.05, 0) is 37.4 Å². The molecule has 0 saturated carbocycles. The number of ether oxygens (including phenoxy) is 1. The first-order chi connectivity index (χ1) is 17.6. The van der Waals surface area contributed by atoms with Crippen LogP contribution in [0.15, 0.2) is 48.8 Å². The third-order valence-corrected chi connectivity index (χ3v) is 7.02. The smallest absolute Gasteiger partial charge is 0.252 e. The van der Waals surface area contributed by atoms with Gasteiger partial charge in [-0.2, -0.15) is 10.4 Å². The number of nitrogens with zero attached hydrogens (tertiary/aromatic N) is 5. The predicted octanol–water partition coefficient (Wildman–Crippen LogP) is 3.04. The highest BCUT2D eigenvalue weighted by Crippen LogP contribution is 2.40. The Kier molecular flexibility index (Phi) is 5.31. The molecule has 1 atom stereocenters. The number of rotatable bonds is 3. The first-order valence-electron chi connectivity index (χ1n) is 11.9. The minimum atomic E-state index is -0.232. The molecule has 9 nitrogen and oxygen atoms in total. The van der Waals surface area contributed by atoms with Gasteiger partial charge in [-0.1, -0.05) is 6.07 Å². The largest absolute Gasteiger partial charge is 0.489 e. The second-order valence-corrected chi connectivity index (χ2v) is 9.27. The van der Waals surface area contributed by atoms with Crippen LogP contribution in [0.4, 0.5) is 5.69 Å². The normalized spacial score (nSPS) is 17.1. The van der Waals surface area contributed by atoms with Crippen LogP contribution in [0, 0.1) is 11.3 Å². The number of nitriles is 1. The van der Waals surface area contributed by atoms with Crippen LogP contribution < -0.4 is 15.0 Å². The Labute approximate surface area is 208 Å². The zero-order valence-electron chi connectivity index (χ0n) is 20.1. The molecule has 0 aliphatic carbocycles. The maximum Gasteiger partial charge on any atom is 0.252 e. The molecule has 0 spiro atoms. The molecule has 4 aromatic rings. The Balaban J connectivity index is 1.42. The van der Waals surface area contributed by atoms with Gasteiger partial charge >= 0.3 is 0 Å². The van der Waals surface area contributed by atoms with Crippen LogP contribution in [-0.4, -0.2) is 72.4 Å². The number of aromatic amines is 1. The number of carbonyl (C=O) groups is 1. The molecule has 0 radical (unpaired) electrons. The van der Waals surface area contributed by atoms with Crippen LogP contribution in [0.1, 0.15) is 15.9 Å². The first kappa shape index (κ1) is 22.1. The molecule has 1 amide bonds. The molecule has 9 heteroatoms. The molecule has 1 fully saturated rings. The maximum atomic E-state index is 12.1. The van der Waals surface area contributed by atoms with Crippen molar-refractivity contribution in [2.45, 2.75) is 6.04 Å². The van der Waals surface area contributed by atoms with E-state index in [1.807, 2.05) is 12.1 Å². The number of likely N-dealkylation sites (N-methyl/N-ethyl adjacent to an activating group) is 1. The van der Waals surface area contributed by atoms with Crippen molar-refractivity contribution in [3.63, 3.8) is 0 Å². The maximum absolute atomic E-state index is 12.1. The van der Waals surface area contributed by atoms with E-state index in [-0.39, 0.29) is 5.91 Å². The Morgan fingerprint density at radius 3 is 2.92 bits per heavy atom. The molecular formula is C27H25N7O2. The van der Waals surface area contributed by atoms with Crippen molar-refractivity contribution >= 4 is 22.5 Å². The summed E-state index contributed by atoms with van der Waals surface area (Å²) in [5.41, 5.74) is 5.88. The standard InChI is InChI=1S/C27H25N7O2/c1-29-27(35)19-7-18(12-30-13-19)21-10-22-23(8-17(21)11-28)31-32-26(22)16-3-4-24-25(9-16)36-15-20-14-33(2)5-6-34(20)24/h3-4,7-10,12-13,20H,5-6,14-15H2,1-2H3,(H,29,35)(H,31,32). The number of nitrogens with one attached hydrogen (secondary N) is 2. The fourth-order valence-electron chi connectivity index (χ4n) is 5.14. The number of fused-ring (bicyclic) bond motifs is 4. The number of anilines is 1. The van der Waals surface area contributed by atoms with Crippen molar-refractivity contribution in [3.8, 4) is 34.2 Å². The number of pyridine rings is 1. The highest BCUT2D eigenvalue weighted by Gasteiger charge is 2.32. The van der Waals surface area contributed by atoms with Crippen LogP contribution in [0.5, 0.6) is 5.75 Å². The summed E-state index contributed by atoms with van der Waals surface area (Å²) in [4.78, 5) is 21.1. The summed E-state index contributed by atoms with van der Waals surface area (Å²) in [5, 5.41) is 21.0. The van der Waals surface area contributed by atoms with Gasteiger partial charge in [0.25, 0.3) is 5.91 Å². The van der Waals surface area contributed by atoms with E-state index < -0.39 is 0 Å². The predicted molar refractivity (Wildman–Crippen MR) is 137 cm³/mol. The van der Waals surface area contributed by atoms with E-state index in [0.29, 0.717) is 34.9 Å². The second-order valence-electron chi connectivity index (χ2n) is 9.27. The van der Waals surface area contributed by atoms with Crippen LogP contribution >= 0.6 is 0 Å². The first-order valence-corrected chi connectivity index (χ1v) is 11.9. The third kappa shape index (κ3) is 3.63. The number of hydrogen-bond donors (Lipinski definition) is 2. The zero-order chi connectivity index (χ0) is 24.8. The Morgan fingerprint density at radius 1 is 1.19 bits per heavy atom. The molecule has 6 rings (SSSR count). The van der Waals surface area contributed by atoms with Gasteiger partial charge in [0.2, 0.25) is 0 Å². The van der Waals surface area contributed by atoms with Crippen LogP contribution in [0.25, 0.3) is 33.3 Å². The molecule has 2 aliphatic heterocycles. The molecule has 2 aromatic carbocycles. The van der Waals surface area contributed by atoms with Crippen molar-refractivity contribution in [2.75, 3.05) is 45.2 Å². The number of hydrogen-bond acceptors (Lipinski definition) is 7. The molecule has 2 aliphatic rings. The Hall–Kier alpha value is -4.42. The van der Waals surface area contributed by atoms with E-state index in [1.165, 1.54) is 6.20 Å². The number of carbonyl (C=O) groups excluding carboxylic acids is 1. The number of piperazine rings is 1. The molecule has 180 valence electrons. The van der Waals surface area contributed by atoms with E-state index in [4.69, 9.17) is 4.74 Å². The van der Waals surface area contributed by atoms with Gasteiger partial charge in [0, 0.05) is 61.2 Å². The third-order valence-electron chi connectivity index (χ3n) is 7.02. The van der Waals surface area contributed by atoms with Gasteiger partial charge in [0.1, 0.15) is 18.1 Å². The number of amides is 1. The van der Waals surface area contributed by atoms with Crippen molar-refractivity contribution in [1.82, 2.24) is 25.4 Å². The Morgan fingerprint density at radius 2 is 2.08 bits per heavy atom. The van der Waals surface area contributed by atoms with E-state index in [2.05, 4.69) is 55.5 Å². The molecular weight excluding hydrogens is 454 g/mol. The minimum Gasteiger partial charge on any atom is -0.489 e. The summed E-state index contributed by atoms with van der Waals surface area (Å²) in [6.07, 6.45) is 3.17. The average Bonchev–Trinajstić information content (AvgIpc) is 3.34. The molecule has 36 heavy (non-hydrogen) atoms. The quantitative estimate of drug-likeness (QED) is 0.465. The minimum absolute atomic E-state index is 0.232. The van der Waals surface area contributed by atoms with Gasteiger partial charge in [-0.3, -0.25) is 14.9 Å². The van der Waals surface area contributed by atoms with Crippen molar-refractivity contribution < 1.29 is 9.53 Å². The fourth-order valence-corrected chi connectivity index (χ4v) is 5.14. The van der Waals surface area contributed by atoms with E-state index >= 15 is 0 Å². The topological polar surface area (TPSA) is 110 Å². The summed E-state index contributed by atoms with van der Waals surface area (Å²) >= 11 is 0. The van der Waals surface area contributed by atoms with E-state index in [0.717, 1.165) is 53.2 Å². The number of benzene rings is 2. The van der Waals surface area contributed by atoms with Gasteiger partial charge in [0.15, 0.2) is 0 Å². The lowest BCUT2D eigenvalue weighted by molar-refractivity contribution is 0.0962. The summed E-state index contributed by atoms with van der Waals surface area (Å²) in [6, 6.07) is 14.3. The lowest BCUT2D eigenvalue weighted by Crippen LogP contribution is -2.56. The van der Waals surface area contributed by atoms with Crippen molar-refractivity contribution in [3.05, 3.63) is 59.9 Å². The monoisotopic (exact) mass is 479 g/mol. The van der Waals surface area contributed by atoms with E-state index in [1.54, 1.807) is 25.4 Å². The van der Waals surface area contributed by atoms with Gasteiger partial charge in [-0.25, -0.2) is 0 Å². The SMILES string of the molecule is CNC(=O)c1cncc(-c2cc3c(-c4ccc5c(c4)OCC4CN(C)CCN54)n[nH]c3cc2C#N)c1. The molecule has 2 aromatic heterocycles. The molecule has 2 N–H and O–H groups in total. The fraction of sp³-hybridized carbons (Fsp3) is 0.259. The average molecular weight is 480 g/mol. The molecule has 1 unspecified atom stereocenters. The van der Waals surface area contributed by atoms with Crippen molar-refractivity contribution in [2.24, 2.45) is 0 Å². The Bertz CT molecular complexity index is 1540. The van der Waals surface area contributed by atoms with Crippen LogP contribution in [0.3, 0.4) is 0 Å². The van der Waals surface area contributed by atoms with Gasteiger partial charge < -0.3 is 19.9 Å². The molecule has 0 bridgehead atoms. The van der Waals surface area contributed by atoms with Gasteiger partial charge in [-0.15, -0.1) is 0 Å². The highest BCUT2D eigenvalue weighted by atomic mass is 16.5. The zero-order valence-corrected chi connectivity index (χ0v) is 20.1. The highest BCUT2D eigenvalue weighted by molar-refractivity contribution is 5.99. The second kappa shape index (κ2) is 8.66. The molecule has 4 heterocycles. The number of H-pyrrole nitrogens is 1. The summed E-state index contributed by atoms with van der Waals surface area (Å²) in [6.45, 7) is 3.66. The summed E-state index contributed by atoms with van der Waals surface area (Å²) in [7, 11) is 3.72. The van der Waals surface area contributed by atoms with Crippen molar-refractivity contribution in [1.29, 1.82) is 5.26 Å². The molecule has 1 saturated heterocycles. The van der Waals surface area contributed by atoms with Crippen LogP contribution in [0.2, 0.25) is 0 Å². The van der Waals surface area contributed by atoms with Crippen LogP contribution in [-0.2, 0) is 0 Å². The number of aromatic nitrogens is 3. The van der Waals surface area contributed by atoms with E-state index in [9.17, 15) is 10.1 Å². The lowest BCUT2D eigenvalue weighted by atomic mass is 9.96. The van der Waals surface area contributed by atoms with Gasteiger partial charge in [0.05, 0.1) is 34.4 Å².